The summed E-state index contributed by atoms with van der Waals surface area (Å²) < 4.78 is 37.0. The van der Waals surface area contributed by atoms with Crippen LogP contribution in [0.3, 0.4) is 0 Å². The molecule has 1 aromatic heterocycles. The molecule has 4 nitrogen and oxygen atoms in total. The van der Waals surface area contributed by atoms with Gasteiger partial charge in [-0.25, -0.2) is 0 Å². The minimum absolute atomic E-state index is 0.118. The van der Waals surface area contributed by atoms with Gasteiger partial charge in [0.25, 0.3) is 5.91 Å². The van der Waals surface area contributed by atoms with Crippen molar-refractivity contribution >= 4 is 5.91 Å². The molecule has 0 bridgehead atoms. The van der Waals surface area contributed by atoms with E-state index in [2.05, 4.69) is 15.6 Å². The Bertz CT molecular complexity index is 509. The van der Waals surface area contributed by atoms with Gasteiger partial charge in [0.2, 0.25) is 0 Å². The van der Waals surface area contributed by atoms with Crippen LogP contribution in [0.4, 0.5) is 13.2 Å². The van der Waals surface area contributed by atoms with Crippen LogP contribution in [-0.4, -0.2) is 30.5 Å². The van der Waals surface area contributed by atoms with E-state index in [1.807, 2.05) is 6.08 Å². The standard InChI is InChI=1S/C13H14F3N3O/c14-13(15,16)11-2-1-10(8-18-11)12(20)19-7-9-3-5-17-6-4-9/h1-3,8,17H,4-7H2,(H,19,20). The molecule has 0 spiro atoms. The fourth-order valence-electron chi connectivity index (χ4n) is 1.82. The fraction of sp³-hybridized carbons (Fsp3) is 0.385. The summed E-state index contributed by atoms with van der Waals surface area (Å²) in [7, 11) is 0. The molecule has 1 aliphatic rings. The van der Waals surface area contributed by atoms with Crippen LogP contribution in [0.15, 0.2) is 30.0 Å². The third-order valence-corrected chi connectivity index (χ3v) is 2.95. The van der Waals surface area contributed by atoms with Gasteiger partial charge in [-0.05, 0) is 25.1 Å². The summed E-state index contributed by atoms with van der Waals surface area (Å²) in [5.41, 5.74) is 0.222. The quantitative estimate of drug-likeness (QED) is 0.832. The number of hydrogen-bond acceptors (Lipinski definition) is 3. The number of pyridine rings is 1. The van der Waals surface area contributed by atoms with E-state index in [1.165, 1.54) is 0 Å². The van der Waals surface area contributed by atoms with Gasteiger partial charge in [-0.1, -0.05) is 11.6 Å². The molecule has 0 saturated carbocycles. The second-order valence-electron chi connectivity index (χ2n) is 4.43. The van der Waals surface area contributed by atoms with Crippen molar-refractivity contribution in [1.82, 2.24) is 15.6 Å². The maximum absolute atomic E-state index is 12.3. The first-order chi connectivity index (χ1) is 9.47. The fourth-order valence-corrected chi connectivity index (χ4v) is 1.82. The van der Waals surface area contributed by atoms with E-state index < -0.39 is 17.8 Å². The van der Waals surface area contributed by atoms with Gasteiger partial charge in [0.05, 0.1) is 5.56 Å². The van der Waals surface area contributed by atoms with Gasteiger partial charge in [-0.3, -0.25) is 9.78 Å². The number of hydrogen-bond donors (Lipinski definition) is 2. The molecule has 1 aliphatic heterocycles. The van der Waals surface area contributed by atoms with Gasteiger partial charge in [0.15, 0.2) is 0 Å². The largest absolute Gasteiger partial charge is 0.433 e. The monoisotopic (exact) mass is 285 g/mol. The van der Waals surface area contributed by atoms with E-state index in [9.17, 15) is 18.0 Å². The van der Waals surface area contributed by atoms with Crippen molar-refractivity contribution in [2.45, 2.75) is 12.6 Å². The predicted molar refractivity (Wildman–Crippen MR) is 67.1 cm³/mol. The zero-order valence-electron chi connectivity index (χ0n) is 10.6. The van der Waals surface area contributed by atoms with Crippen LogP contribution in [0.5, 0.6) is 0 Å². The zero-order valence-corrected chi connectivity index (χ0v) is 10.6. The van der Waals surface area contributed by atoms with Gasteiger partial charge >= 0.3 is 6.18 Å². The van der Waals surface area contributed by atoms with Crippen molar-refractivity contribution in [2.24, 2.45) is 0 Å². The second kappa shape index (κ2) is 6.04. The van der Waals surface area contributed by atoms with Gasteiger partial charge in [0, 0.05) is 19.3 Å². The van der Waals surface area contributed by atoms with Crippen LogP contribution < -0.4 is 10.6 Å². The van der Waals surface area contributed by atoms with Crippen molar-refractivity contribution < 1.29 is 18.0 Å². The Morgan fingerprint density at radius 1 is 1.40 bits per heavy atom. The highest BCUT2D eigenvalue weighted by Gasteiger charge is 2.32. The lowest BCUT2D eigenvalue weighted by Gasteiger charge is -2.14. The Morgan fingerprint density at radius 3 is 2.75 bits per heavy atom. The molecule has 2 heterocycles. The molecule has 1 amide bonds. The second-order valence-corrected chi connectivity index (χ2v) is 4.43. The molecule has 2 rings (SSSR count). The van der Waals surface area contributed by atoms with Gasteiger partial charge in [0.1, 0.15) is 5.69 Å². The molecule has 1 aromatic rings. The first-order valence-electron chi connectivity index (χ1n) is 6.17. The van der Waals surface area contributed by atoms with Crippen LogP contribution in [0.25, 0.3) is 0 Å². The van der Waals surface area contributed by atoms with Crippen LogP contribution in [0.2, 0.25) is 0 Å². The number of alkyl halides is 3. The van der Waals surface area contributed by atoms with E-state index in [4.69, 9.17) is 0 Å². The number of amides is 1. The highest BCUT2D eigenvalue weighted by Crippen LogP contribution is 2.27. The maximum Gasteiger partial charge on any atom is 0.433 e. The molecular formula is C13H14F3N3O. The molecule has 0 radical (unpaired) electrons. The van der Waals surface area contributed by atoms with Crippen molar-refractivity contribution in [2.75, 3.05) is 19.6 Å². The normalized spacial score (nSPS) is 15.7. The Kier molecular flexibility index (Phi) is 4.39. The minimum atomic E-state index is -4.49. The van der Waals surface area contributed by atoms with Gasteiger partial charge < -0.3 is 10.6 Å². The first-order valence-corrected chi connectivity index (χ1v) is 6.17. The predicted octanol–water partition coefficient (Wildman–Crippen LogP) is 1.75. The molecule has 108 valence electrons. The van der Waals surface area contributed by atoms with Gasteiger partial charge in [-0.15, -0.1) is 0 Å². The summed E-state index contributed by atoms with van der Waals surface area (Å²) in [5, 5.41) is 5.82. The highest BCUT2D eigenvalue weighted by molar-refractivity contribution is 5.94. The lowest BCUT2D eigenvalue weighted by atomic mass is 10.1. The van der Waals surface area contributed by atoms with Gasteiger partial charge in [-0.2, -0.15) is 13.2 Å². The minimum Gasteiger partial charge on any atom is -0.348 e. The number of nitrogens with zero attached hydrogens (tertiary/aromatic N) is 1. The smallest absolute Gasteiger partial charge is 0.348 e. The van der Waals surface area contributed by atoms with E-state index in [1.54, 1.807) is 0 Å². The Labute approximate surface area is 114 Å². The summed E-state index contributed by atoms with van der Waals surface area (Å²) in [6.07, 6.45) is -0.704. The van der Waals surface area contributed by atoms with Crippen molar-refractivity contribution in [3.63, 3.8) is 0 Å². The number of aromatic nitrogens is 1. The SMILES string of the molecule is O=C(NCC1=CCNCC1)c1ccc(C(F)(F)F)nc1. The molecule has 0 aliphatic carbocycles. The summed E-state index contributed by atoms with van der Waals surface area (Å²) in [6.45, 7) is 2.04. The number of carbonyl (C=O) groups excluding carboxylic acids is 1. The van der Waals surface area contributed by atoms with E-state index >= 15 is 0 Å². The molecular weight excluding hydrogens is 271 g/mol. The van der Waals surface area contributed by atoms with Crippen molar-refractivity contribution in [1.29, 1.82) is 0 Å². The Morgan fingerprint density at radius 2 is 2.20 bits per heavy atom. The molecule has 0 aromatic carbocycles. The lowest BCUT2D eigenvalue weighted by Crippen LogP contribution is -2.29. The van der Waals surface area contributed by atoms with Crippen LogP contribution in [-0.2, 0) is 6.18 Å². The van der Waals surface area contributed by atoms with E-state index in [0.29, 0.717) is 6.54 Å². The van der Waals surface area contributed by atoms with Crippen LogP contribution in [0, 0.1) is 0 Å². The number of nitrogens with one attached hydrogen (secondary N) is 2. The van der Waals surface area contributed by atoms with Crippen molar-refractivity contribution in [3.8, 4) is 0 Å². The third kappa shape index (κ3) is 3.80. The van der Waals surface area contributed by atoms with Crippen molar-refractivity contribution in [3.05, 3.63) is 41.2 Å². The average molecular weight is 285 g/mol. The average Bonchev–Trinajstić information content (AvgIpc) is 2.45. The third-order valence-electron chi connectivity index (χ3n) is 2.95. The molecule has 2 N–H and O–H groups in total. The Balaban J connectivity index is 1.94. The molecule has 20 heavy (non-hydrogen) atoms. The summed E-state index contributed by atoms with van der Waals surface area (Å²) in [4.78, 5) is 15.0. The first kappa shape index (κ1) is 14.5. The zero-order chi connectivity index (χ0) is 14.6. The number of halogens is 3. The van der Waals surface area contributed by atoms with E-state index in [-0.39, 0.29) is 5.56 Å². The van der Waals surface area contributed by atoms with Crippen LogP contribution >= 0.6 is 0 Å². The molecule has 0 atom stereocenters. The summed E-state index contributed by atoms with van der Waals surface area (Å²) >= 11 is 0. The molecule has 7 heteroatoms. The number of rotatable bonds is 3. The maximum atomic E-state index is 12.3. The summed E-state index contributed by atoms with van der Waals surface area (Å²) in [5.74, 6) is -0.425. The van der Waals surface area contributed by atoms with Crippen LogP contribution in [0.1, 0.15) is 22.5 Å². The van der Waals surface area contributed by atoms with E-state index in [0.717, 1.165) is 43.4 Å². The topological polar surface area (TPSA) is 54.0 Å². The number of carbonyl (C=O) groups is 1. The lowest BCUT2D eigenvalue weighted by molar-refractivity contribution is -0.141. The Hall–Kier alpha value is -1.89. The summed E-state index contributed by atoms with van der Waals surface area (Å²) in [6, 6.07) is 1.93. The molecule has 0 saturated heterocycles. The highest BCUT2D eigenvalue weighted by atomic mass is 19.4. The molecule has 0 unspecified atom stereocenters. The molecule has 0 fully saturated rings.